The molecule has 0 spiro atoms. The molecular weight excluding hydrogens is 384 g/mol. The van der Waals surface area contributed by atoms with Crippen molar-refractivity contribution >= 4 is 0 Å². The predicted octanol–water partition coefficient (Wildman–Crippen LogP) is 4.29. The minimum atomic E-state index is -6.81. The Bertz CT molecular complexity index is 475. The minimum Gasteiger partial charge on any atom is -0.323 e. The van der Waals surface area contributed by atoms with Crippen molar-refractivity contribution in [2.24, 2.45) is 5.41 Å². The Hall–Kier alpha value is -0.960. The van der Waals surface area contributed by atoms with Gasteiger partial charge in [0.15, 0.2) is 0 Å². The van der Waals surface area contributed by atoms with Crippen molar-refractivity contribution in [2.75, 3.05) is 7.11 Å². The molecule has 0 bridgehead atoms. The summed E-state index contributed by atoms with van der Waals surface area (Å²) in [5.41, 5.74) is -6.46. The number of hydrogen-bond acceptors (Lipinski definition) is 3. The predicted molar refractivity (Wildman–Crippen MR) is 47.0 cm³/mol. The van der Waals surface area contributed by atoms with Crippen LogP contribution in [0.1, 0.15) is 6.92 Å². The fraction of sp³-hybridized carbons (Fsp3) is 1.00. The monoisotopic (exact) mass is 390 g/mol. The summed E-state index contributed by atoms with van der Waals surface area (Å²) in [5.74, 6) is -5.90. The zero-order valence-electron chi connectivity index (χ0n) is 11.3. The van der Waals surface area contributed by atoms with Crippen LogP contribution in [-0.4, -0.2) is 43.6 Å². The van der Waals surface area contributed by atoms with E-state index < -0.39 is 48.8 Å². The first kappa shape index (κ1) is 21.1. The van der Waals surface area contributed by atoms with E-state index in [1.165, 1.54) is 0 Å². The molecule has 1 heterocycles. The van der Waals surface area contributed by atoms with Gasteiger partial charge in [-0.05, 0) is 0 Å². The van der Waals surface area contributed by atoms with Gasteiger partial charge in [0.05, 0.1) is 0 Å². The average Bonchev–Trinajstić information content (AvgIpc) is 2.20. The Morgan fingerprint density at radius 1 is 0.750 bits per heavy atom. The average molecular weight is 390 g/mol. The smallest absolute Gasteiger partial charge is 0.323 e. The summed E-state index contributed by atoms with van der Waals surface area (Å²) >= 11 is 0. The minimum absolute atomic E-state index is 0.277. The maximum atomic E-state index is 13.7. The Balaban J connectivity index is 3.81. The molecule has 0 aliphatic carbocycles. The van der Waals surface area contributed by atoms with Crippen molar-refractivity contribution in [1.29, 1.82) is 0 Å². The first-order chi connectivity index (χ1) is 10.2. The maximum absolute atomic E-state index is 13.7. The number of rotatable bonds is 3. The lowest BCUT2D eigenvalue weighted by molar-refractivity contribution is -0.648. The van der Waals surface area contributed by atoms with Crippen LogP contribution in [0.25, 0.3) is 0 Å². The Kier molecular flexibility index (Phi) is 4.42. The second kappa shape index (κ2) is 5.03. The van der Waals surface area contributed by atoms with Crippen molar-refractivity contribution in [3.05, 3.63) is 0 Å². The van der Waals surface area contributed by atoms with Crippen molar-refractivity contribution in [3.63, 3.8) is 0 Å². The van der Waals surface area contributed by atoms with Crippen LogP contribution in [0, 0.1) is 5.41 Å². The van der Waals surface area contributed by atoms with Gasteiger partial charge in [-0.25, -0.2) is 8.78 Å². The summed E-state index contributed by atoms with van der Waals surface area (Å²) in [5, 5.41) is 0. The molecule has 144 valence electrons. The number of halogens is 12. The molecule has 0 unspecified atom stereocenters. The van der Waals surface area contributed by atoms with Crippen LogP contribution in [0.4, 0.5) is 52.7 Å². The quantitative estimate of drug-likeness (QED) is 0.674. The van der Waals surface area contributed by atoms with E-state index in [0.717, 1.165) is 0 Å². The van der Waals surface area contributed by atoms with Crippen molar-refractivity contribution < 1.29 is 66.9 Å². The third-order valence-corrected chi connectivity index (χ3v) is 3.08. The Morgan fingerprint density at radius 3 is 1.29 bits per heavy atom. The summed E-state index contributed by atoms with van der Waals surface area (Å²) in [4.78, 5) is 0. The van der Waals surface area contributed by atoms with Gasteiger partial charge in [-0.1, -0.05) is 0 Å². The van der Waals surface area contributed by atoms with Crippen LogP contribution in [-0.2, 0) is 14.2 Å². The van der Waals surface area contributed by atoms with Gasteiger partial charge in [0.25, 0.3) is 5.92 Å². The molecule has 1 fully saturated rings. The van der Waals surface area contributed by atoms with Gasteiger partial charge in [-0.3, -0.25) is 9.47 Å². The Morgan fingerprint density at radius 2 is 1.08 bits per heavy atom. The van der Waals surface area contributed by atoms with Gasteiger partial charge in [0.2, 0.25) is 0 Å². The number of hydrogen-bond donors (Lipinski definition) is 0. The number of ether oxygens (including phenoxy) is 3. The molecule has 24 heavy (non-hydrogen) atoms. The Labute approximate surface area is 124 Å². The van der Waals surface area contributed by atoms with Gasteiger partial charge >= 0.3 is 36.0 Å². The lowest BCUT2D eigenvalue weighted by Crippen LogP contribution is -2.79. The van der Waals surface area contributed by atoms with Crippen LogP contribution in [0.15, 0.2) is 0 Å². The van der Waals surface area contributed by atoms with E-state index in [-0.39, 0.29) is 7.11 Å². The molecule has 0 aromatic heterocycles. The van der Waals surface area contributed by atoms with Gasteiger partial charge in [-0.2, -0.15) is 43.9 Å². The fourth-order valence-corrected chi connectivity index (χ4v) is 2.05. The highest BCUT2D eigenvalue weighted by atomic mass is 19.4. The van der Waals surface area contributed by atoms with E-state index in [1.807, 2.05) is 0 Å². The van der Waals surface area contributed by atoms with Crippen LogP contribution in [0.2, 0.25) is 0 Å². The zero-order valence-corrected chi connectivity index (χ0v) is 11.3. The molecule has 0 amide bonds. The molecule has 0 radical (unpaired) electrons. The molecule has 1 aliphatic heterocycles. The van der Waals surface area contributed by atoms with E-state index in [1.54, 1.807) is 0 Å². The highest BCUT2D eigenvalue weighted by Gasteiger charge is 2.96. The van der Waals surface area contributed by atoms with Crippen LogP contribution in [0.5, 0.6) is 0 Å². The highest BCUT2D eigenvalue weighted by molar-refractivity contribution is 5.10. The molecule has 1 rings (SSSR count). The van der Waals surface area contributed by atoms with E-state index >= 15 is 0 Å². The molecule has 0 aromatic rings. The largest absolute Gasteiger partial charge is 0.478 e. The van der Waals surface area contributed by atoms with Gasteiger partial charge in [-0.15, -0.1) is 0 Å². The molecule has 1 saturated heterocycles. The fourth-order valence-electron chi connectivity index (χ4n) is 2.05. The van der Waals surface area contributed by atoms with Crippen molar-refractivity contribution in [1.82, 2.24) is 0 Å². The summed E-state index contributed by atoms with van der Waals surface area (Å²) in [7, 11) is -0.277. The topological polar surface area (TPSA) is 27.7 Å². The second-order valence-corrected chi connectivity index (χ2v) is 4.63. The van der Waals surface area contributed by atoms with Gasteiger partial charge < -0.3 is 4.74 Å². The second-order valence-electron chi connectivity index (χ2n) is 4.63. The summed E-state index contributed by atoms with van der Waals surface area (Å²) in [6.07, 6.45) is -26.6. The molecule has 0 atom stereocenters. The molecule has 0 aromatic carbocycles. The number of methoxy groups -OCH3 is 1. The lowest BCUT2D eigenvalue weighted by Gasteiger charge is -2.53. The lowest BCUT2D eigenvalue weighted by atomic mass is 9.76. The van der Waals surface area contributed by atoms with E-state index in [4.69, 9.17) is 0 Å². The van der Waals surface area contributed by atoms with Crippen LogP contribution >= 0.6 is 0 Å². The van der Waals surface area contributed by atoms with Crippen molar-refractivity contribution in [2.45, 2.75) is 43.4 Å². The van der Waals surface area contributed by atoms with Crippen molar-refractivity contribution in [3.8, 4) is 0 Å². The summed E-state index contributed by atoms with van der Waals surface area (Å²) < 4.78 is 166. The zero-order chi connectivity index (χ0) is 19.6. The third kappa shape index (κ3) is 2.42. The van der Waals surface area contributed by atoms with E-state index in [2.05, 4.69) is 14.2 Å². The first-order valence-electron chi connectivity index (χ1n) is 5.45. The molecule has 3 nitrogen and oxygen atoms in total. The maximum Gasteiger partial charge on any atom is 0.478 e. The number of alkyl halides is 12. The molecule has 15 heteroatoms. The van der Waals surface area contributed by atoms with Gasteiger partial charge in [0.1, 0.15) is 0 Å². The van der Waals surface area contributed by atoms with E-state index in [0.29, 0.717) is 0 Å². The summed E-state index contributed by atoms with van der Waals surface area (Å²) in [6.45, 7) is -0.909. The molecule has 0 saturated carbocycles. The molecule has 1 aliphatic rings. The third-order valence-electron chi connectivity index (χ3n) is 3.08. The van der Waals surface area contributed by atoms with Crippen LogP contribution < -0.4 is 0 Å². The normalized spacial score (nSPS) is 34.2. The van der Waals surface area contributed by atoms with E-state index in [9.17, 15) is 52.7 Å². The molecular formula is C9H6F12O3. The van der Waals surface area contributed by atoms with Gasteiger partial charge in [0, 0.05) is 14.0 Å². The standard InChI is InChI=1S/C9H6F12O3/c1-3(10,11)4(6(15,16)22-2)7(17,18)23-9(21,5(12,13)14)24-8(4,19)20/h1-2H3. The molecule has 0 N–H and O–H groups in total. The summed E-state index contributed by atoms with van der Waals surface area (Å²) in [6, 6.07) is -6.35. The highest BCUT2D eigenvalue weighted by Crippen LogP contribution is 2.70. The first-order valence-corrected chi connectivity index (χ1v) is 5.45. The SMILES string of the molecule is COC(F)(F)C1(C(C)(F)F)C(F)(F)OC(F)(C(F)(F)F)OC1(F)F. The van der Waals surface area contributed by atoms with Crippen LogP contribution in [0.3, 0.4) is 0 Å².